The van der Waals surface area contributed by atoms with Crippen LogP contribution in [0.1, 0.15) is 13.3 Å². The van der Waals surface area contributed by atoms with Crippen molar-refractivity contribution in [2.45, 2.75) is 13.3 Å². The molecule has 4 heteroatoms. The molecule has 1 saturated heterocycles. The molecule has 1 aromatic heterocycles. The van der Waals surface area contributed by atoms with Crippen LogP contribution < -0.4 is 5.46 Å². The quantitative estimate of drug-likeness (QED) is 0.558. The van der Waals surface area contributed by atoms with Crippen molar-refractivity contribution >= 4 is 13.3 Å². The van der Waals surface area contributed by atoms with E-state index in [4.69, 9.17) is 12.6 Å². The Bertz CT molecular complexity index is 195. The predicted molar refractivity (Wildman–Crippen MR) is 48.6 cm³/mol. The molecule has 64 valence electrons. The molecule has 1 N–H and O–H groups in total. The molecule has 0 saturated carbocycles. The third-order valence-electron chi connectivity index (χ3n) is 1.68. The van der Waals surface area contributed by atoms with Crippen LogP contribution in [0.25, 0.3) is 0 Å². The van der Waals surface area contributed by atoms with Gasteiger partial charge >= 0.3 is 0 Å². The van der Waals surface area contributed by atoms with Crippen LogP contribution >= 0.6 is 0 Å². The molecule has 1 aliphatic rings. The lowest BCUT2D eigenvalue weighted by Gasteiger charge is -1.89. The van der Waals surface area contributed by atoms with E-state index >= 15 is 0 Å². The lowest BCUT2D eigenvalue weighted by molar-refractivity contribution is 0.188. The maximum absolute atomic E-state index is 5.18. The maximum Gasteiger partial charge on any atom is 0.118 e. The Hall–Kier alpha value is -0.765. The van der Waals surface area contributed by atoms with Gasteiger partial charge in [0.25, 0.3) is 0 Å². The van der Waals surface area contributed by atoms with E-state index in [-0.39, 0.29) is 0 Å². The van der Waals surface area contributed by atoms with Crippen molar-refractivity contribution < 1.29 is 4.74 Å². The van der Waals surface area contributed by atoms with Gasteiger partial charge in [0.05, 0.1) is 0 Å². The van der Waals surface area contributed by atoms with Crippen LogP contribution in [0.15, 0.2) is 12.4 Å². The van der Waals surface area contributed by atoms with Crippen molar-refractivity contribution in [2.75, 3.05) is 13.2 Å². The highest BCUT2D eigenvalue weighted by atomic mass is 16.5. The molecule has 2 rings (SSSR count). The number of nitrogens with one attached hydrogen (secondary N) is 1. The molecule has 0 unspecified atom stereocenters. The Balaban J connectivity index is 0.000000120. The summed E-state index contributed by atoms with van der Waals surface area (Å²) in [6, 6.07) is 0. The van der Waals surface area contributed by atoms with E-state index in [1.807, 2.05) is 0 Å². The summed E-state index contributed by atoms with van der Waals surface area (Å²) in [5.74, 6) is 0.824. The van der Waals surface area contributed by atoms with E-state index in [1.165, 1.54) is 6.42 Å². The highest BCUT2D eigenvalue weighted by molar-refractivity contribution is 6.31. The molecule has 1 aliphatic heterocycles. The monoisotopic (exact) mass is 164 g/mol. The van der Waals surface area contributed by atoms with Gasteiger partial charge in [-0.1, -0.05) is 12.4 Å². The minimum Gasteiger partial charge on any atom is -0.381 e. The van der Waals surface area contributed by atoms with E-state index in [0.29, 0.717) is 5.46 Å². The minimum absolute atomic E-state index is 0.676. The lowest BCUT2D eigenvalue weighted by Crippen LogP contribution is -1.93. The SMILES string of the molecule is C[C@H]1CCOC1.[B]c1cn[nH]c1. The number of rotatable bonds is 0. The highest BCUT2D eigenvalue weighted by Crippen LogP contribution is 2.09. The molecule has 3 nitrogen and oxygen atoms in total. The zero-order valence-corrected chi connectivity index (χ0v) is 7.29. The van der Waals surface area contributed by atoms with E-state index in [1.54, 1.807) is 12.4 Å². The van der Waals surface area contributed by atoms with Crippen LogP contribution in [0.2, 0.25) is 0 Å². The van der Waals surface area contributed by atoms with Gasteiger partial charge in [-0.05, 0) is 12.3 Å². The van der Waals surface area contributed by atoms with Gasteiger partial charge in [0, 0.05) is 25.6 Å². The van der Waals surface area contributed by atoms with E-state index < -0.39 is 0 Å². The number of ether oxygens (including phenoxy) is 1. The topological polar surface area (TPSA) is 37.9 Å². The molecule has 0 amide bonds. The fourth-order valence-corrected chi connectivity index (χ4v) is 0.913. The molecule has 1 atom stereocenters. The predicted octanol–water partition coefficient (Wildman–Crippen LogP) is 0.246. The average molecular weight is 164 g/mol. The van der Waals surface area contributed by atoms with Crippen molar-refractivity contribution in [3.05, 3.63) is 12.4 Å². The fraction of sp³-hybridized carbons (Fsp3) is 0.625. The summed E-state index contributed by atoms with van der Waals surface area (Å²) in [6.07, 6.45) is 4.44. The van der Waals surface area contributed by atoms with Crippen LogP contribution in [-0.2, 0) is 4.74 Å². The third-order valence-corrected chi connectivity index (χ3v) is 1.68. The normalized spacial score (nSPS) is 21.6. The first-order valence-corrected chi connectivity index (χ1v) is 4.11. The van der Waals surface area contributed by atoms with E-state index in [9.17, 15) is 0 Å². The second-order valence-corrected chi connectivity index (χ2v) is 3.00. The number of hydrogen-bond donors (Lipinski definition) is 1. The molecule has 0 aliphatic carbocycles. The Labute approximate surface area is 73.9 Å². The van der Waals surface area contributed by atoms with Crippen LogP contribution in [0.5, 0.6) is 0 Å². The molecule has 12 heavy (non-hydrogen) atoms. The van der Waals surface area contributed by atoms with Gasteiger partial charge in [-0.15, -0.1) is 0 Å². The molecule has 2 radical (unpaired) electrons. The van der Waals surface area contributed by atoms with Crippen LogP contribution in [0.4, 0.5) is 0 Å². The summed E-state index contributed by atoms with van der Waals surface area (Å²) in [7, 11) is 5.18. The van der Waals surface area contributed by atoms with Crippen molar-refractivity contribution in [3.63, 3.8) is 0 Å². The van der Waals surface area contributed by atoms with Crippen molar-refractivity contribution in [3.8, 4) is 0 Å². The first-order chi connectivity index (χ1) is 5.79. The zero-order valence-electron chi connectivity index (χ0n) is 7.29. The number of nitrogens with zero attached hydrogens (tertiary/aromatic N) is 1. The summed E-state index contributed by atoms with van der Waals surface area (Å²) >= 11 is 0. The largest absolute Gasteiger partial charge is 0.381 e. The molecule has 2 heterocycles. The minimum atomic E-state index is 0.676. The van der Waals surface area contributed by atoms with Gasteiger partial charge in [-0.25, -0.2) is 0 Å². The van der Waals surface area contributed by atoms with Gasteiger partial charge in [-0.3, -0.25) is 5.10 Å². The number of hydrogen-bond acceptors (Lipinski definition) is 2. The molecule has 0 spiro atoms. The Morgan fingerprint density at radius 1 is 1.75 bits per heavy atom. The summed E-state index contributed by atoms with van der Waals surface area (Å²) in [4.78, 5) is 0. The molecule has 1 aromatic rings. The van der Waals surface area contributed by atoms with Gasteiger partial charge in [0.1, 0.15) is 7.85 Å². The summed E-state index contributed by atoms with van der Waals surface area (Å²) in [5.41, 5.74) is 0.676. The smallest absolute Gasteiger partial charge is 0.118 e. The van der Waals surface area contributed by atoms with Gasteiger partial charge in [0.15, 0.2) is 0 Å². The molecule has 0 bridgehead atoms. The van der Waals surface area contributed by atoms with Gasteiger partial charge < -0.3 is 4.74 Å². The first-order valence-electron chi connectivity index (χ1n) is 4.11. The fourth-order valence-electron chi connectivity index (χ4n) is 0.913. The van der Waals surface area contributed by atoms with Crippen molar-refractivity contribution in [1.29, 1.82) is 0 Å². The standard InChI is InChI=1S/C5H10O.C3H3BN2/c1-5-2-3-6-4-5;4-3-1-5-6-2-3/h5H,2-4H2,1H3;1-2H,(H,5,6)/t5-;/m0./s1. The molecular formula is C8H13BN2O. The lowest BCUT2D eigenvalue weighted by atomic mass is 10.0. The summed E-state index contributed by atoms with van der Waals surface area (Å²) in [6.45, 7) is 4.19. The van der Waals surface area contributed by atoms with Crippen LogP contribution in [0, 0.1) is 5.92 Å². The van der Waals surface area contributed by atoms with Crippen LogP contribution in [0.3, 0.4) is 0 Å². The van der Waals surface area contributed by atoms with Crippen molar-refractivity contribution in [2.24, 2.45) is 5.92 Å². The Morgan fingerprint density at radius 3 is 2.75 bits per heavy atom. The van der Waals surface area contributed by atoms with Gasteiger partial charge in [0.2, 0.25) is 0 Å². The van der Waals surface area contributed by atoms with Crippen molar-refractivity contribution in [1.82, 2.24) is 10.2 Å². The Kier molecular flexibility index (Phi) is 3.87. The van der Waals surface area contributed by atoms with E-state index in [0.717, 1.165) is 19.1 Å². The molecular weight excluding hydrogens is 151 g/mol. The van der Waals surface area contributed by atoms with E-state index in [2.05, 4.69) is 17.1 Å². The van der Waals surface area contributed by atoms with Crippen LogP contribution in [-0.4, -0.2) is 31.3 Å². The average Bonchev–Trinajstić information content (AvgIpc) is 2.63. The molecule has 1 fully saturated rings. The van der Waals surface area contributed by atoms with Gasteiger partial charge in [-0.2, -0.15) is 5.10 Å². The number of aromatic amines is 1. The first kappa shape index (κ1) is 9.32. The maximum atomic E-state index is 5.18. The third kappa shape index (κ3) is 3.58. The second kappa shape index (κ2) is 4.98. The summed E-state index contributed by atoms with van der Waals surface area (Å²) < 4.78 is 5.06. The summed E-state index contributed by atoms with van der Waals surface area (Å²) in [5, 5.41) is 6.13. The zero-order chi connectivity index (χ0) is 8.81. The number of H-pyrrole nitrogens is 1. The number of aromatic nitrogens is 2. The Morgan fingerprint density at radius 2 is 2.58 bits per heavy atom. The highest BCUT2D eigenvalue weighted by Gasteiger charge is 2.07. The second-order valence-electron chi connectivity index (χ2n) is 3.00. The molecule has 0 aromatic carbocycles.